The molecule has 1 aliphatic heterocycles. The van der Waals surface area contributed by atoms with Crippen LogP contribution in [0.3, 0.4) is 0 Å². The normalized spacial score (nSPS) is 21.3. The van der Waals surface area contributed by atoms with Gasteiger partial charge >= 0.3 is 0 Å². The van der Waals surface area contributed by atoms with Crippen molar-refractivity contribution in [3.8, 4) is 0 Å². The molecule has 1 saturated heterocycles. The first-order valence-corrected chi connectivity index (χ1v) is 7.44. The minimum absolute atomic E-state index is 0.0714. The van der Waals surface area contributed by atoms with Crippen molar-refractivity contribution in [1.82, 2.24) is 19.7 Å². The van der Waals surface area contributed by atoms with Crippen LogP contribution in [0, 0.1) is 6.92 Å². The predicted molar refractivity (Wildman–Crippen MR) is 81.3 cm³/mol. The van der Waals surface area contributed by atoms with Gasteiger partial charge in [-0.3, -0.25) is 14.5 Å². The number of amides is 1. The van der Waals surface area contributed by atoms with Crippen molar-refractivity contribution < 1.29 is 9.90 Å². The summed E-state index contributed by atoms with van der Waals surface area (Å²) < 4.78 is 1.73. The number of hydrogen-bond donors (Lipinski definition) is 1. The predicted octanol–water partition coefficient (Wildman–Crippen LogP) is 0.942. The number of nitrogens with zero attached hydrogens (tertiary/aromatic N) is 4. The number of carbonyl (C=O) groups is 1. The molecule has 6 nitrogen and oxygen atoms in total. The second kappa shape index (κ2) is 5.88. The van der Waals surface area contributed by atoms with Crippen LogP contribution in [0.25, 0.3) is 0 Å². The van der Waals surface area contributed by atoms with E-state index in [1.807, 2.05) is 26.2 Å². The van der Waals surface area contributed by atoms with Gasteiger partial charge in [0.25, 0.3) is 5.91 Å². The zero-order valence-corrected chi connectivity index (χ0v) is 12.8. The molecule has 0 unspecified atom stereocenters. The van der Waals surface area contributed by atoms with Crippen molar-refractivity contribution in [3.05, 3.63) is 47.5 Å². The highest BCUT2D eigenvalue weighted by Gasteiger charge is 2.36. The lowest BCUT2D eigenvalue weighted by Gasteiger charge is -2.26. The SMILES string of the molecule is Cc1ccc(C(=O)N2CC[C@H](O)[C@H]2Cc2cnn(C)c2)cn1. The van der Waals surface area contributed by atoms with Gasteiger partial charge in [-0.2, -0.15) is 5.10 Å². The smallest absolute Gasteiger partial charge is 0.255 e. The van der Waals surface area contributed by atoms with E-state index in [4.69, 9.17) is 0 Å². The van der Waals surface area contributed by atoms with Gasteiger partial charge in [0.15, 0.2) is 0 Å². The molecule has 2 aromatic heterocycles. The number of likely N-dealkylation sites (tertiary alicyclic amines) is 1. The highest BCUT2D eigenvalue weighted by Crippen LogP contribution is 2.23. The number of rotatable bonds is 3. The quantitative estimate of drug-likeness (QED) is 0.916. The van der Waals surface area contributed by atoms with Crippen molar-refractivity contribution in [1.29, 1.82) is 0 Å². The molecule has 6 heteroatoms. The number of aryl methyl sites for hydroxylation is 2. The van der Waals surface area contributed by atoms with E-state index in [1.54, 1.807) is 28.0 Å². The Morgan fingerprint density at radius 3 is 2.86 bits per heavy atom. The maximum absolute atomic E-state index is 12.7. The van der Waals surface area contributed by atoms with Gasteiger partial charge in [-0.1, -0.05) is 0 Å². The summed E-state index contributed by atoms with van der Waals surface area (Å²) in [5.41, 5.74) is 2.47. The monoisotopic (exact) mass is 300 g/mol. The standard InChI is InChI=1S/C16H20N4O2/c1-11-3-4-13(9-17-11)16(22)20-6-5-15(21)14(20)7-12-8-18-19(2)10-12/h3-4,8-10,14-15,21H,5-7H2,1-2H3/t14-,15+/m1/s1. The van der Waals surface area contributed by atoms with Gasteiger partial charge in [0.2, 0.25) is 0 Å². The molecular weight excluding hydrogens is 280 g/mol. The molecule has 116 valence electrons. The highest BCUT2D eigenvalue weighted by molar-refractivity contribution is 5.94. The average molecular weight is 300 g/mol. The van der Waals surface area contributed by atoms with Crippen LogP contribution in [0.15, 0.2) is 30.7 Å². The number of hydrogen-bond acceptors (Lipinski definition) is 4. The average Bonchev–Trinajstić information content (AvgIpc) is 3.07. The number of pyridine rings is 1. The molecule has 0 spiro atoms. The third kappa shape index (κ3) is 2.87. The van der Waals surface area contributed by atoms with Crippen LogP contribution in [0.2, 0.25) is 0 Å². The Morgan fingerprint density at radius 2 is 2.23 bits per heavy atom. The van der Waals surface area contributed by atoms with Gasteiger partial charge in [0.1, 0.15) is 0 Å². The Kier molecular flexibility index (Phi) is 3.94. The van der Waals surface area contributed by atoms with Crippen LogP contribution in [0.5, 0.6) is 0 Å². The third-order valence-electron chi connectivity index (χ3n) is 4.13. The zero-order valence-electron chi connectivity index (χ0n) is 12.8. The molecule has 0 radical (unpaired) electrons. The number of aliphatic hydroxyl groups is 1. The molecule has 1 N–H and O–H groups in total. The van der Waals surface area contributed by atoms with Crippen molar-refractivity contribution in [2.24, 2.45) is 7.05 Å². The summed E-state index contributed by atoms with van der Waals surface area (Å²) in [6.45, 7) is 2.46. The summed E-state index contributed by atoms with van der Waals surface area (Å²) in [5.74, 6) is -0.0714. The zero-order chi connectivity index (χ0) is 15.7. The molecule has 22 heavy (non-hydrogen) atoms. The van der Waals surface area contributed by atoms with E-state index in [1.165, 1.54) is 0 Å². The summed E-state index contributed by atoms with van der Waals surface area (Å²) in [5, 5.41) is 14.4. The second-order valence-corrected chi connectivity index (χ2v) is 5.84. The lowest BCUT2D eigenvalue weighted by molar-refractivity contribution is 0.0639. The summed E-state index contributed by atoms with van der Waals surface area (Å²) in [6, 6.07) is 3.41. The van der Waals surface area contributed by atoms with Crippen LogP contribution in [-0.4, -0.2) is 49.4 Å². The first kappa shape index (κ1) is 14.7. The van der Waals surface area contributed by atoms with Crippen molar-refractivity contribution in [3.63, 3.8) is 0 Å². The first-order valence-electron chi connectivity index (χ1n) is 7.44. The van der Waals surface area contributed by atoms with Gasteiger partial charge in [-0.05, 0) is 37.5 Å². The van der Waals surface area contributed by atoms with E-state index >= 15 is 0 Å². The lowest BCUT2D eigenvalue weighted by Crippen LogP contribution is -2.41. The molecule has 0 aromatic carbocycles. The van der Waals surface area contributed by atoms with E-state index in [2.05, 4.69) is 10.1 Å². The van der Waals surface area contributed by atoms with Crippen LogP contribution < -0.4 is 0 Å². The van der Waals surface area contributed by atoms with Crippen molar-refractivity contribution >= 4 is 5.91 Å². The van der Waals surface area contributed by atoms with E-state index < -0.39 is 6.10 Å². The Hall–Kier alpha value is -2.21. The number of aromatic nitrogens is 3. The summed E-state index contributed by atoms with van der Waals surface area (Å²) in [7, 11) is 1.86. The molecule has 2 aromatic rings. The molecule has 1 amide bonds. The van der Waals surface area contributed by atoms with Crippen LogP contribution in [0.1, 0.15) is 28.0 Å². The molecule has 0 saturated carbocycles. The minimum atomic E-state index is -0.498. The van der Waals surface area contributed by atoms with Gasteiger partial charge in [0, 0.05) is 31.7 Å². The Balaban J connectivity index is 1.79. The molecule has 0 aliphatic carbocycles. The maximum atomic E-state index is 12.7. The van der Waals surface area contributed by atoms with Gasteiger partial charge in [0.05, 0.1) is 23.9 Å². The highest BCUT2D eigenvalue weighted by atomic mass is 16.3. The van der Waals surface area contributed by atoms with Crippen LogP contribution >= 0.6 is 0 Å². The summed E-state index contributed by atoms with van der Waals surface area (Å²) >= 11 is 0. The third-order valence-corrected chi connectivity index (χ3v) is 4.13. The fourth-order valence-corrected chi connectivity index (χ4v) is 2.91. The minimum Gasteiger partial charge on any atom is -0.391 e. The molecule has 0 bridgehead atoms. The first-order chi connectivity index (χ1) is 10.5. The fourth-order valence-electron chi connectivity index (χ4n) is 2.91. The molecule has 2 atom stereocenters. The summed E-state index contributed by atoms with van der Waals surface area (Å²) in [6.07, 6.45) is 6.02. The largest absolute Gasteiger partial charge is 0.391 e. The van der Waals surface area contributed by atoms with E-state index in [-0.39, 0.29) is 11.9 Å². The molecular formula is C16H20N4O2. The van der Waals surface area contributed by atoms with Gasteiger partial charge < -0.3 is 10.0 Å². The molecule has 3 rings (SSSR count). The second-order valence-electron chi connectivity index (χ2n) is 5.84. The maximum Gasteiger partial charge on any atom is 0.255 e. The molecule has 1 fully saturated rings. The molecule has 3 heterocycles. The number of carbonyl (C=O) groups excluding carboxylic acids is 1. The fraction of sp³-hybridized carbons (Fsp3) is 0.438. The lowest BCUT2D eigenvalue weighted by atomic mass is 10.0. The van der Waals surface area contributed by atoms with E-state index in [0.717, 1.165) is 11.3 Å². The van der Waals surface area contributed by atoms with Gasteiger partial charge in [-0.25, -0.2) is 0 Å². The van der Waals surface area contributed by atoms with Gasteiger partial charge in [-0.15, -0.1) is 0 Å². The van der Waals surface area contributed by atoms with E-state index in [9.17, 15) is 9.90 Å². The Labute approximate surface area is 129 Å². The van der Waals surface area contributed by atoms with Crippen LogP contribution in [0.4, 0.5) is 0 Å². The van der Waals surface area contributed by atoms with Crippen molar-refractivity contribution in [2.45, 2.75) is 31.9 Å². The Morgan fingerprint density at radius 1 is 1.41 bits per heavy atom. The molecule has 1 aliphatic rings. The summed E-state index contributed by atoms with van der Waals surface area (Å²) in [4.78, 5) is 18.6. The van der Waals surface area contributed by atoms with E-state index in [0.29, 0.717) is 24.9 Å². The Bertz CT molecular complexity index is 665. The van der Waals surface area contributed by atoms with Crippen molar-refractivity contribution in [2.75, 3.05) is 6.54 Å². The topological polar surface area (TPSA) is 71.2 Å². The number of aliphatic hydroxyl groups excluding tert-OH is 1. The van der Waals surface area contributed by atoms with Crippen LogP contribution in [-0.2, 0) is 13.5 Å².